The van der Waals surface area contributed by atoms with Gasteiger partial charge in [0.2, 0.25) is 0 Å². The maximum Gasteiger partial charge on any atom is 0.274 e. The number of rotatable bonds is 7. The predicted molar refractivity (Wildman–Crippen MR) is 115 cm³/mol. The van der Waals surface area contributed by atoms with Crippen LogP contribution in [0.5, 0.6) is 11.5 Å². The first kappa shape index (κ1) is 19.8. The lowest BCUT2D eigenvalue weighted by Crippen LogP contribution is -2.51. The van der Waals surface area contributed by atoms with Crippen molar-refractivity contribution in [2.75, 3.05) is 37.7 Å². The van der Waals surface area contributed by atoms with Gasteiger partial charge in [-0.05, 0) is 35.9 Å². The van der Waals surface area contributed by atoms with Gasteiger partial charge in [0, 0.05) is 6.07 Å². The minimum Gasteiger partial charge on any atom is -0.489 e. The molecular weight excluding hydrogens is 378 g/mol. The third kappa shape index (κ3) is 5.29. The van der Waals surface area contributed by atoms with Crippen molar-refractivity contribution < 1.29 is 19.3 Å². The monoisotopic (exact) mass is 404 g/mol. The summed E-state index contributed by atoms with van der Waals surface area (Å²) in [5.41, 5.74) is 1.12. The first-order valence-corrected chi connectivity index (χ1v) is 10.2. The number of nitrogens with one attached hydrogen (secondary N) is 1. The van der Waals surface area contributed by atoms with Gasteiger partial charge in [-0.1, -0.05) is 36.4 Å². The Morgan fingerprint density at radius 2 is 1.47 bits per heavy atom. The first-order valence-electron chi connectivity index (χ1n) is 10.2. The summed E-state index contributed by atoms with van der Waals surface area (Å²) < 4.78 is 11.5. The van der Waals surface area contributed by atoms with E-state index in [-0.39, 0.29) is 12.5 Å². The summed E-state index contributed by atoms with van der Waals surface area (Å²) in [6.45, 7) is 3.56. The Kier molecular flexibility index (Phi) is 6.44. The number of piperazine rings is 1. The number of hydrogen-bond donors (Lipinski definition) is 0. The number of nitrogens with zero attached hydrogens (tertiary/aromatic N) is 2. The molecule has 0 atom stereocenters. The van der Waals surface area contributed by atoms with Crippen LogP contribution in [0.25, 0.3) is 0 Å². The number of pyridine rings is 1. The second-order valence-electron chi connectivity index (χ2n) is 7.15. The maximum absolute atomic E-state index is 12.5. The fraction of sp³-hybridized carbons (Fsp3) is 0.250. The molecule has 1 aromatic heterocycles. The first-order chi connectivity index (χ1) is 14.8. The highest BCUT2D eigenvalue weighted by molar-refractivity contribution is 5.78. The molecular formula is C24H26N3O3+. The van der Waals surface area contributed by atoms with Gasteiger partial charge in [-0.3, -0.25) is 9.69 Å². The number of H-pyrrole nitrogens is 1. The molecule has 0 spiro atoms. The largest absolute Gasteiger partial charge is 0.489 e. The number of carbonyl (C=O) groups is 1. The van der Waals surface area contributed by atoms with Crippen molar-refractivity contribution in [1.29, 1.82) is 0 Å². The molecule has 4 rings (SSSR count). The Labute approximate surface area is 176 Å². The summed E-state index contributed by atoms with van der Waals surface area (Å²) >= 11 is 0. The minimum atomic E-state index is 0.0103. The van der Waals surface area contributed by atoms with Crippen molar-refractivity contribution in [3.8, 4) is 11.5 Å². The van der Waals surface area contributed by atoms with E-state index in [9.17, 15) is 4.79 Å². The molecule has 1 aliphatic heterocycles. The van der Waals surface area contributed by atoms with Gasteiger partial charge in [0.05, 0.1) is 19.3 Å². The van der Waals surface area contributed by atoms with Gasteiger partial charge < -0.3 is 14.4 Å². The molecule has 0 aliphatic carbocycles. The van der Waals surface area contributed by atoms with Crippen LogP contribution in [-0.2, 0) is 11.4 Å². The molecule has 1 N–H and O–H groups in total. The van der Waals surface area contributed by atoms with Crippen molar-refractivity contribution in [2.24, 2.45) is 0 Å². The third-order valence-corrected chi connectivity index (χ3v) is 5.10. The smallest absolute Gasteiger partial charge is 0.274 e. The molecule has 30 heavy (non-hydrogen) atoms. The van der Waals surface area contributed by atoms with E-state index in [4.69, 9.17) is 9.47 Å². The lowest BCUT2D eigenvalue weighted by Gasteiger charge is -2.30. The maximum atomic E-state index is 12.5. The zero-order valence-electron chi connectivity index (χ0n) is 16.9. The summed E-state index contributed by atoms with van der Waals surface area (Å²) in [5, 5.41) is 0. The molecule has 6 heteroatoms. The molecule has 1 fully saturated rings. The fourth-order valence-electron chi connectivity index (χ4n) is 3.39. The number of aromatic nitrogens is 1. The van der Waals surface area contributed by atoms with E-state index < -0.39 is 0 Å². The highest BCUT2D eigenvalue weighted by Gasteiger charge is 2.26. The lowest BCUT2D eigenvalue weighted by molar-refractivity contribution is -0.364. The van der Waals surface area contributed by atoms with Crippen molar-refractivity contribution in [2.45, 2.75) is 6.61 Å². The van der Waals surface area contributed by atoms with Gasteiger partial charge in [-0.2, -0.15) is 0 Å². The second-order valence-corrected chi connectivity index (χ2v) is 7.15. The molecule has 1 amide bonds. The molecule has 154 valence electrons. The zero-order chi connectivity index (χ0) is 20.6. The molecule has 2 heterocycles. The third-order valence-electron chi connectivity index (χ3n) is 5.10. The number of benzene rings is 2. The van der Waals surface area contributed by atoms with Crippen molar-refractivity contribution >= 4 is 11.7 Å². The summed E-state index contributed by atoms with van der Waals surface area (Å²) in [6.07, 6.45) is 1.92. The number of ether oxygens (including phenoxy) is 2. The quantitative estimate of drug-likeness (QED) is 0.608. The van der Waals surface area contributed by atoms with Crippen LogP contribution < -0.4 is 19.4 Å². The Bertz CT molecular complexity index is 925. The summed E-state index contributed by atoms with van der Waals surface area (Å²) in [5.74, 6) is 2.52. The van der Waals surface area contributed by atoms with E-state index in [1.54, 1.807) is 0 Å². The molecule has 3 aromatic rings. The van der Waals surface area contributed by atoms with Crippen LogP contribution in [0.4, 0.5) is 5.82 Å². The number of carbonyl (C=O) groups excluding carboxylic acids is 1. The summed E-state index contributed by atoms with van der Waals surface area (Å²) in [7, 11) is 0. The predicted octanol–water partition coefficient (Wildman–Crippen LogP) is 2.81. The minimum absolute atomic E-state index is 0.0103. The average molecular weight is 404 g/mol. The SMILES string of the molecule is O=C(COc1ccc(OCc2ccccc2)cc1)N1CCN(c2cccc[nH+]2)CC1. The molecule has 1 aliphatic rings. The zero-order valence-corrected chi connectivity index (χ0v) is 16.9. The van der Waals surface area contributed by atoms with Crippen molar-refractivity contribution in [3.05, 3.63) is 84.6 Å². The highest BCUT2D eigenvalue weighted by Crippen LogP contribution is 2.19. The van der Waals surface area contributed by atoms with Gasteiger partial charge in [-0.25, -0.2) is 4.98 Å². The van der Waals surface area contributed by atoms with Gasteiger partial charge >= 0.3 is 0 Å². The summed E-state index contributed by atoms with van der Waals surface area (Å²) in [4.78, 5) is 19.8. The van der Waals surface area contributed by atoms with Gasteiger partial charge in [0.15, 0.2) is 6.61 Å². The van der Waals surface area contributed by atoms with Crippen molar-refractivity contribution in [1.82, 2.24) is 4.90 Å². The fourth-order valence-corrected chi connectivity index (χ4v) is 3.39. The van der Waals surface area contributed by atoms with Crippen LogP contribution in [0.15, 0.2) is 79.0 Å². The molecule has 1 saturated heterocycles. The average Bonchev–Trinajstić information content (AvgIpc) is 2.83. The van der Waals surface area contributed by atoms with Crippen LogP contribution in [0.2, 0.25) is 0 Å². The number of amides is 1. The van der Waals surface area contributed by atoms with Crippen LogP contribution >= 0.6 is 0 Å². The standard InChI is InChI=1S/C24H25N3O3/c28-24(27-16-14-26(15-17-27)23-8-4-5-13-25-23)19-30-22-11-9-21(10-12-22)29-18-20-6-2-1-3-7-20/h1-13H,14-19H2/p+1. The molecule has 6 nitrogen and oxygen atoms in total. The van der Waals surface area contributed by atoms with Crippen molar-refractivity contribution in [3.63, 3.8) is 0 Å². The van der Waals surface area contributed by atoms with E-state index in [1.165, 1.54) is 0 Å². The van der Waals surface area contributed by atoms with E-state index in [1.807, 2.05) is 83.9 Å². The van der Waals surface area contributed by atoms with E-state index >= 15 is 0 Å². The Morgan fingerprint density at radius 3 is 2.13 bits per heavy atom. The van der Waals surface area contributed by atoms with E-state index in [0.29, 0.717) is 25.4 Å². The lowest BCUT2D eigenvalue weighted by atomic mass is 10.2. The van der Waals surface area contributed by atoms with Crippen LogP contribution in [-0.4, -0.2) is 43.6 Å². The molecule has 0 unspecified atom stereocenters. The van der Waals surface area contributed by atoms with Crippen LogP contribution in [0.1, 0.15) is 5.56 Å². The van der Waals surface area contributed by atoms with E-state index in [0.717, 1.165) is 30.2 Å². The van der Waals surface area contributed by atoms with E-state index in [2.05, 4.69) is 9.88 Å². The number of aromatic amines is 1. The molecule has 0 bridgehead atoms. The Morgan fingerprint density at radius 1 is 0.800 bits per heavy atom. The van der Waals surface area contributed by atoms with Gasteiger partial charge in [-0.15, -0.1) is 0 Å². The molecule has 0 saturated carbocycles. The topological polar surface area (TPSA) is 56.2 Å². The second kappa shape index (κ2) is 9.78. The molecule has 0 radical (unpaired) electrons. The molecule has 2 aromatic carbocycles. The highest BCUT2D eigenvalue weighted by atomic mass is 16.5. The van der Waals surface area contributed by atoms with Gasteiger partial charge in [0.1, 0.15) is 31.2 Å². The number of anilines is 1. The van der Waals surface area contributed by atoms with Crippen LogP contribution in [0, 0.1) is 0 Å². The normalized spacial score (nSPS) is 13.7. The van der Waals surface area contributed by atoms with Crippen LogP contribution in [0.3, 0.4) is 0 Å². The van der Waals surface area contributed by atoms with Gasteiger partial charge in [0.25, 0.3) is 11.7 Å². The Balaban J connectivity index is 1.20. The Hall–Kier alpha value is -3.54. The summed E-state index contributed by atoms with van der Waals surface area (Å²) in [6, 6.07) is 23.4. The number of hydrogen-bond acceptors (Lipinski definition) is 4.